The molecule has 1 nitrogen and oxygen atoms in total. The number of fused-ring (bicyclic) bond motifs is 1. The van der Waals surface area contributed by atoms with Gasteiger partial charge in [0.25, 0.3) is 0 Å². The Bertz CT molecular complexity index is 201. The summed E-state index contributed by atoms with van der Waals surface area (Å²) in [5.41, 5.74) is 3.26. The maximum atomic E-state index is 9.12. The standard InChI is InChI=1S/C9H14O/c1-6-3-8-4-9(8,5-10)7(6)2/h8,10H,3-5H2,1-2H3. The van der Waals surface area contributed by atoms with E-state index in [1.807, 2.05) is 0 Å². The molecule has 0 aromatic rings. The van der Waals surface area contributed by atoms with Crippen LogP contribution >= 0.6 is 0 Å². The predicted molar refractivity (Wildman–Crippen MR) is 40.6 cm³/mol. The zero-order valence-corrected chi connectivity index (χ0v) is 6.65. The lowest BCUT2D eigenvalue weighted by Gasteiger charge is -2.10. The summed E-state index contributed by atoms with van der Waals surface area (Å²) < 4.78 is 0. The number of rotatable bonds is 1. The van der Waals surface area contributed by atoms with E-state index in [4.69, 9.17) is 5.11 Å². The molecule has 0 radical (unpaired) electrons. The first kappa shape index (κ1) is 6.41. The first-order chi connectivity index (χ1) is 4.70. The molecule has 0 aliphatic heterocycles. The normalized spacial score (nSPS) is 44.1. The first-order valence-corrected chi connectivity index (χ1v) is 3.98. The summed E-state index contributed by atoms with van der Waals surface area (Å²) in [7, 11) is 0. The van der Waals surface area contributed by atoms with Crippen LogP contribution in [0.4, 0.5) is 0 Å². The van der Waals surface area contributed by atoms with E-state index in [1.165, 1.54) is 24.0 Å². The number of allylic oxidation sites excluding steroid dienone is 1. The quantitative estimate of drug-likeness (QED) is 0.547. The molecule has 2 unspecified atom stereocenters. The van der Waals surface area contributed by atoms with Gasteiger partial charge in [-0.15, -0.1) is 0 Å². The van der Waals surface area contributed by atoms with Crippen LogP contribution in [0.1, 0.15) is 26.7 Å². The van der Waals surface area contributed by atoms with Gasteiger partial charge in [-0.25, -0.2) is 0 Å². The molecular weight excluding hydrogens is 124 g/mol. The van der Waals surface area contributed by atoms with Crippen molar-refractivity contribution in [2.24, 2.45) is 11.3 Å². The van der Waals surface area contributed by atoms with Crippen molar-refractivity contribution < 1.29 is 5.11 Å². The highest BCUT2D eigenvalue weighted by Gasteiger charge is 2.58. The molecule has 0 aromatic carbocycles. The highest BCUT2D eigenvalue weighted by atomic mass is 16.3. The van der Waals surface area contributed by atoms with E-state index >= 15 is 0 Å². The second-order valence-corrected chi connectivity index (χ2v) is 3.82. The molecule has 2 aliphatic carbocycles. The largest absolute Gasteiger partial charge is 0.395 e. The third-order valence-electron chi connectivity index (χ3n) is 3.45. The molecule has 2 rings (SSSR count). The van der Waals surface area contributed by atoms with Crippen LogP contribution < -0.4 is 0 Å². The van der Waals surface area contributed by atoms with E-state index in [9.17, 15) is 0 Å². The number of hydrogen-bond donors (Lipinski definition) is 1. The van der Waals surface area contributed by atoms with Crippen molar-refractivity contribution in [1.82, 2.24) is 0 Å². The highest BCUT2D eigenvalue weighted by molar-refractivity contribution is 5.35. The van der Waals surface area contributed by atoms with Crippen LogP contribution in [0.5, 0.6) is 0 Å². The van der Waals surface area contributed by atoms with Crippen LogP contribution in [0.2, 0.25) is 0 Å². The zero-order chi connectivity index (χ0) is 7.35. The Morgan fingerprint density at radius 1 is 1.60 bits per heavy atom. The molecule has 0 spiro atoms. The van der Waals surface area contributed by atoms with E-state index in [2.05, 4.69) is 13.8 Å². The second kappa shape index (κ2) is 1.65. The average molecular weight is 138 g/mol. The Morgan fingerprint density at radius 3 is 2.60 bits per heavy atom. The van der Waals surface area contributed by atoms with Gasteiger partial charge in [0.15, 0.2) is 0 Å². The van der Waals surface area contributed by atoms with Crippen LogP contribution in [0.25, 0.3) is 0 Å². The van der Waals surface area contributed by atoms with E-state index in [-0.39, 0.29) is 5.41 Å². The van der Waals surface area contributed by atoms with Gasteiger partial charge in [0.1, 0.15) is 0 Å². The van der Waals surface area contributed by atoms with Crippen LogP contribution in [-0.2, 0) is 0 Å². The molecule has 2 aliphatic rings. The smallest absolute Gasteiger partial charge is 0.0527 e. The molecule has 0 bridgehead atoms. The number of aliphatic hydroxyl groups excluding tert-OH is 1. The maximum Gasteiger partial charge on any atom is 0.0527 e. The van der Waals surface area contributed by atoms with Gasteiger partial charge < -0.3 is 5.11 Å². The van der Waals surface area contributed by atoms with Gasteiger partial charge in [0, 0.05) is 5.41 Å². The van der Waals surface area contributed by atoms with E-state index < -0.39 is 0 Å². The van der Waals surface area contributed by atoms with E-state index in [0.29, 0.717) is 6.61 Å². The topological polar surface area (TPSA) is 20.2 Å². The Morgan fingerprint density at radius 2 is 2.30 bits per heavy atom. The minimum Gasteiger partial charge on any atom is -0.395 e. The molecule has 0 saturated heterocycles. The van der Waals surface area contributed by atoms with Crippen molar-refractivity contribution in [3.63, 3.8) is 0 Å². The van der Waals surface area contributed by atoms with Gasteiger partial charge in [-0.05, 0) is 32.6 Å². The van der Waals surface area contributed by atoms with Crippen molar-refractivity contribution >= 4 is 0 Å². The molecule has 1 heteroatoms. The van der Waals surface area contributed by atoms with Gasteiger partial charge in [0.2, 0.25) is 0 Å². The fraction of sp³-hybridized carbons (Fsp3) is 0.778. The van der Waals surface area contributed by atoms with Gasteiger partial charge in [-0.3, -0.25) is 0 Å². The Labute approximate surface area is 61.8 Å². The van der Waals surface area contributed by atoms with Crippen LogP contribution in [-0.4, -0.2) is 11.7 Å². The Hall–Kier alpha value is -0.300. The van der Waals surface area contributed by atoms with Gasteiger partial charge >= 0.3 is 0 Å². The highest BCUT2D eigenvalue weighted by Crippen LogP contribution is 2.65. The summed E-state index contributed by atoms with van der Waals surface area (Å²) in [6.07, 6.45) is 2.49. The van der Waals surface area contributed by atoms with Crippen LogP contribution in [0.3, 0.4) is 0 Å². The lowest BCUT2D eigenvalue weighted by atomic mass is 9.98. The summed E-state index contributed by atoms with van der Waals surface area (Å²) in [5.74, 6) is 0.803. The summed E-state index contributed by atoms with van der Waals surface area (Å²) in [6, 6.07) is 0. The Balaban J connectivity index is 2.31. The van der Waals surface area contributed by atoms with E-state index in [1.54, 1.807) is 0 Å². The SMILES string of the molecule is CC1=C(C)C2(CO)CC2C1. The molecule has 1 N–H and O–H groups in total. The monoisotopic (exact) mass is 138 g/mol. The molecule has 2 atom stereocenters. The third-order valence-corrected chi connectivity index (χ3v) is 3.45. The molecule has 10 heavy (non-hydrogen) atoms. The van der Waals surface area contributed by atoms with Crippen molar-refractivity contribution in [3.05, 3.63) is 11.1 Å². The third kappa shape index (κ3) is 0.523. The van der Waals surface area contributed by atoms with Crippen LogP contribution in [0, 0.1) is 11.3 Å². The molecule has 1 fully saturated rings. The summed E-state index contributed by atoms with van der Waals surface area (Å²) in [5, 5.41) is 9.12. The molecule has 0 heterocycles. The minimum atomic E-state index is 0.268. The molecule has 1 saturated carbocycles. The van der Waals surface area contributed by atoms with E-state index in [0.717, 1.165) is 5.92 Å². The first-order valence-electron chi connectivity index (χ1n) is 3.98. The number of aliphatic hydroxyl groups is 1. The van der Waals surface area contributed by atoms with Crippen molar-refractivity contribution in [1.29, 1.82) is 0 Å². The fourth-order valence-corrected chi connectivity index (χ4v) is 2.37. The number of hydrogen-bond acceptors (Lipinski definition) is 1. The lowest BCUT2D eigenvalue weighted by Crippen LogP contribution is -2.07. The molecule has 56 valence electrons. The van der Waals surface area contributed by atoms with Crippen molar-refractivity contribution in [3.8, 4) is 0 Å². The zero-order valence-electron chi connectivity index (χ0n) is 6.65. The predicted octanol–water partition coefficient (Wildman–Crippen LogP) is 1.73. The fourth-order valence-electron chi connectivity index (χ4n) is 2.37. The summed E-state index contributed by atoms with van der Waals surface area (Å²) in [4.78, 5) is 0. The summed E-state index contributed by atoms with van der Waals surface area (Å²) >= 11 is 0. The molecule has 0 aromatic heterocycles. The average Bonchev–Trinajstić information content (AvgIpc) is 2.57. The molecule has 0 amide bonds. The van der Waals surface area contributed by atoms with Crippen LogP contribution in [0.15, 0.2) is 11.1 Å². The second-order valence-electron chi connectivity index (χ2n) is 3.82. The van der Waals surface area contributed by atoms with Gasteiger partial charge in [-0.1, -0.05) is 11.1 Å². The Kier molecular flexibility index (Phi) is 1.06. The van der Waals surface area contributed by atoms with Crippen molar-refractivity contribution in [2.45, 2.75) is 26.7 Å². The minimum absolute atomic E-state index is 0.268. The van der Waals surface area contributed by atoms with Gasteiger partial charge in [-0.2, -0.15) is 0 Å². The van der Waals surface area contributed by atoms with Crippen molar-refractivity contribution in [2.75, 3.05) is 6.61 Å². The summed E-state index contributed by atoms with van der Waals surface area (Å²) in [6.45, 7) is 4.75. The molecular formula is C9H14O. The van der Waals surface area contributed by atoms with Gasteiger partial charge in [0.05, 0.1) is 6.61 Å². The maximum absolute atomic E-state index is 9.12. The lowest BCUT2D eigenvalue weighted by molar-refractivity contribution is 0.228.